The molecule has 25 heavy (non-hydrogen) atoms. The molecule has 0 spiro atoms. The second kappa shape index (κ2) is 6.37. The van der Waals surface area contributed by atoms with E-state index < -0.39 is 11.5 Å². The van der Waals surface area contributed by atoms with E-state index in [-0.39, 0.29) is 5.56 Å². The third-order valence-corrected chi connectivity index (χ3v) is 4.87. The molecule has 1 aromatic heterocycles. The fourth-order valence-electron chi connectivity index (χ4n) is 3.03. The Labute approximate surface area is 150 Å². The van der Waals surface area contributed by atoms with Crippen molar-refractivity contribution in [2.24, 2.45) is 7.05 Å². The molecule has 0 aliphatic heterocycles. The number of benzene rings is 2. The molecule has 0 saturated heterocycles. The van der Waals surface area contributed by atoms with Crippen molar-refractivity contribution in [1.82, 2.24) is 4.57 Å². The van der Waals surface area contributed by atoms with Crippen molar-refractivity contribution in [3.05, 3.63) is 68.5 Å². The molecule has 128 valence electrons. The summed E-state index contributed by atoms with van der Waals surface area (Å²) in [4.78, 5) is 25.3. The number of fused-ring (bicyclic) bond motifs is 1. The third-order valence-electron chi connectivity index (χ3n) is 4.54. The van der Waals surface area contributed by atoms with Gasteiger partial charge >= 0.3 is 5.97 Å². The summed E-state index contributed by atoms with van der Waals surface area (Å²) in [6, 6.07) is 11.1. The van der Waals surface area contributed by atoms with Crippen LogP contribution in [0.4, 0.5) is 0 Å². The smallest absolute Gasteiger partial charge is 0.344 e. The van der Waals surface area contributed by atoms with E-state index in [1.54, 1.807) is 19.2 Å². The number of carbonyl (C=O) groups excluding carboxylic acids is 1. The largest absolute Gasteiger partial charge is 0.465 e. The van der Waals surface area contributed by atoms with Crippen LogP contribution in [0.25, 0.3) is 22.0 Å². The Morgan fingerprint density at radius 2 is 1.76 bits per heavy atom. The zero-order valence-corrected chi connectivity index (χ0v) is 15.3. The van der Waals surface area contributed by atoms with E-state index in [0.717, 1.165) is 22.0 Å². The number of hydrogen-bond acceptors (Lipinski definition) is 3. The first-order valence-electron chi connectivity index (χ1n) is 7.84. The average molecular weight is 356 g/mol. The van der Waals surface area contributed by atoms with Crippen LogP contribution >= 0.6 is 11.6 Å². The highest BCUT2D eigenvalue weighted by molar-refractivity contribution is 6.34. The van der Waals surface area contributed by atoms with Gasteiger partial charge in [0.1, 0.15) is 5.56 Å². The van der Waals surface area contributed by atoms with Crippen LogP contribution in [0.2, 0.25) is 5.02 Å². The van der Waals surface area contributed by atoms with Crippen LogP contribution in [0.3, 0.4) is 0 Å². The molecule has 0 N–H and O–H groups in total. The SMILES string of the molecule is COC(=O)c1c(-c2ccccc2Cl)c2cc(C)c(C)cc2n(C)c1=O. The molecule has 0 fully saturated rings. The number of pyridine rings is 1. The number of carbonyl (C=O) groups is 1. The van der Waals surface area contributed by atoms with Gasteiger partial charge in [-0.15, -0.1) is 0 Å². The lowest BCUT2D eigenvalue weighted by atomic mass is 9.93. The van der Waals surface area contributed by atoms with E-state index in [4.69, 9.17) is 16.3 Å². The molecule has 0 aliphatic rings. The van der Waals surface area contributed by atoms with Gasteiger partial charge in [-0.25, -0.2) is 4.79 Å². The van der Waals surface area contributed by atoms with Crippen LogP contribution in [0, 0.1) is 13.8 Å². The van der Waals surface area contributed by atoms with Crippen LogP contribution in [0.15, 0.2) is 41.2 Å². The van der Waals surface area contributed by atoms with Crippen molar-refractivity contribution >= 4 is 28.5 Å². The second-order valence-electron chi connectivity index (χ2n) is 6.04. The lowest BCUT2D eigenvalue weighted by Gasteiger charge is -2.17. The Hall–Kier alpha value is -2.59. The Morgan fingerprint density at radius 1 is 1.12 bits per heavy atom. The number of halogens is 1. The summed E-state index contributed by atoms with van der Waals surface area (Å²) >= 11 is 6.38. The number of hydrogen-bond donors (Lipinski definition) is 0. The molecule has 0 bridgehead atoms. The van der Waals surface area contributed by atoms with Crippen molar-refractivity contribution in [1.29, 1.82) is 0 Å². The first kappa shape index (κ1) is 17.2. The number of aryl methyl sites for hydroxylation is 3. The Bertz CT molecular complexity index is 1070. The summed E-state index contributed by atoms with van der Waals surface area (Å²) in [6.45, 7) is 3.98. The number of esters is 1. The molecule has 0 unspecified atom stereocenters. The lowest BCUT2D eigenvalue weighted by molar-refractivity contribution is 0.0599. The Morgan fingerprint density at radius 3 is 2.40 bits per heavy atom. The molecule has 0 saturated carbocycles. The molecule has 0 radical (unpaired) electrons. The third kappa shape index (κ3) is 2.72. The summed E-state index contributed by atoms with van der Waals surface area (Å²) in [5, 5.41) is 1.26. The zero-order valence-electron chi connectivity index (χ0n) is 14.5. The van der Waals surface area contributed by atoms with Gasteiger partial charge in [0.05, 0.1) is 12.6 Å². The van der Waals surface area contributed by atoms with Crippen molar-refractivity contribution in [2.45, 2.75) is 13.8 Å². The molecule has 2 aromatic carbocycles. The standard InChI is InChI=1S/C20H18ClNO3/c1-11-9-14-16(10-12(11)2)22(3)19(23)18(20(24)25-4)17(14)13-7-5-6-8-15(13)21/h5-10H,1-4H3. The molecule has 0 aliphatic carbocycles. The molecule has 0 atom stereocenters. The normalized spacial score (nSPS) is 10.9. The average Bonchev–Trinajstić information content (AvgIpc) is 2.60. The summed E-state index contributed by atoms with van der Waals surface area (Å²) in [5.41, 5.74) is 3.62. The fraction of sp³-hybridized carbons (Fsp3) is 0.200. The molecule has 5 heteroatoms. The highest BCUT2D eigenvalue weighted by Gasteiger charge is 2.24. The molecular weight excluding hydrogens is 338 g/mol. The second-order valence-corrected chi connectivity index (χ2v) is 6.45. The molecule has 4 nitrogen and oxygen atoms in total. The maximum atomic E-state index is 12.9. The van der Waals surface area contributed by atoms with E-state index in [1.807, 2.05) is 38.1 Å². The van der Waals surface area contributed by atoms with Gasteiger partial charge in [-0.1, -0.05) is 29.8 Å². The number of nitrogens with zero attached hydrogens (tertiary/aromatic N) is 1. The Kier molecular flexibility index (Phi) is 4.39. The lowest BCUT2D eigenvalue weighted by Crippen LogP contribution is -2.27. The summed E-state index contributed by atoms with van der Waals surface area (Å²) < 4.78 is 6.36. The van der Waals surface area contributed by atoms with Crippen LogP contribution in [0.1, 0.15) is 21.5 Å². The van der Waals surface area contributed by atoms with Gasteiger partial charge in [0.15, 0.2) is 0 Å². The molecule has 3 aromatic rings. The van der Waals surface area contributed by atoms with Crippen molar-refractivity contribution < 1.29 is 9.53 Å². The van der Waals surface area contributed by atoms with E-state index >= 15 is 0 Å². The number of methoxy groups -OCH3 is 1. The van der Waals surface area contributed by atoms with Gasteiger partial charge in [-0.2, -0.15) is 0 Å². The quantitative estimate of drug-likeness (QED) is 0.645. The van der Waals surface area contributed by atoms with Gasteiger partial charge < -0.3 is 9.30 Å². The van der Waals surface area contributed by atoms with E-state index in [0.29, 0.717) is 16.1 Å². The number of rotatable bonds is 2. The van der Waals surface area contributed by atoms with Crippen LogP contribution < -0.4 is 5.56 Å². The topological polar surface area (TPSA) is 48.3 Å². The first-order chi connectivity index (χ1) is 11.9. The highest BCUT2D eigenvalue weighted by Crippen LogP contribution is 2.36. The monoisotopic (exact) mass is 355 g/mol. The van der Waals surface area contributed by atoms with E-state index in [1.165, 1.54) is 11.7 Å². The van der Waals surface area contributed by atoms with Gasteiger partial charge in [0.25, 0.3) is 5.56 Å². The number of ether oxygens (including phenoxy) is 1. The molecule has 1 heterocycles. The maximum absolute atomic E-state index is 12.9. The minimum absolute atomic E-state index is 0.00569. The van der Waals surface area contributed by atoms with Gasteiger partial charge in [-0.3, -0.25) is 4.79 Å². The summed E-state index contributed by atoms with van der Waals surface area (Å²) in [7, 11) is 2.92. The first-order valence-corrected chi connectivity index (χ1v) is 8.21. The molecule has 3 rings (SSSR count). The zero-order chi connectivity index (χ0) is 18.3. The van der Waals surface area contributed by atoms with Gasteiger partial charge in [-0.05, 0) is 43.2 Å². The van der Waals surface area contributed by atoms with Crippen molar-refractivity contribution in [2.75, 3.05) is 7.11 Å². The minimum Gasteiger partial charge on any atom is -0.465 e. The van der Waals surface area contributed by atoms with Gasteiger partial charge in [0.2, 0.25) is 0 Å². The van der Waals surface area contributed by atoms with Crippen molar-refractivity contribution in [3.63, 3.8) is 0 Å². The predicted molar refractivity (Wildman–Crippen MR) is 100 cm³/mol. The Balaban J connectivity index is 2.62. The highest BCUT2D eigenvalue weighted by atomic mass is 35.5. The van der Waals surface area contributed by atoms with E-state index in [9.17, 15) is 9.59 Å². The van der Waals surface area contributed by atoms with Crippen molar-refractivity contribution in [3.8, 4) is 11.1 Å². The maximum Gasteiger partial charge on any atom is 0.344 e. The molecule has 0 amide bonds. The van der Waals surface area contributed by atoms with Crippen LogP contribution in [0.5, 0.6) is 0 Å². The molecular formula is C20H18ClNO3. The fourth-order valence-corrected chi connectivity index (χ4v) is 3.26. The van der Waals surface area contributed by atoms with Crippen LogP contribution in [-0.2, 0) is 11.8 Å². The van der Waals surface area contributed by atoms with E-state index in [2.05, 4.69) is 0 Å². The summed E-state index contributed by atoms with van der Waals surface area (Å²) in [5.74, 6) is -0.671. The van der Waals surface area contributed by atoms with Crippen LogP contribution in [-0.4, -0.2) is 17.6 Å². The number of aromatic nitrogens is 1. The minimum atomic E-state index is -0.671. The summed E-state index contributed by atoms with van der Waals surface area (Å²) in [6.07, 6.45) is 0. The predicted octanol–water partition coefficient (Wildman–Crippen LogP) is 4.26. The van der Waals surface area contributed by atoms with Gasteiger partial charge in [0, 0.05) is 28.6 Å².